The Morgan fingerprint density at radius 2 is 0.378 bits per heavy atom. The molecule has 0 amide bonds. The van der Waals surface area contributed by atoms with E-state index >= 15 is 0 Å². The minimum atomic E-state index is -0.144. The van der Waals surface area contributed by atoms with Gasteiger partial charge in [0, 0.05) is 106 Å². The summed E-state index contributed by atoms with van der Waals surface area (Å²) in [5.74, 6) is -0.863. The van der Waals surface area contributed by atoms with Gasteiger partial charge in [0.15, 0.2) is 34.7 Å². The van der Waals surface area contributed by atoms with Crippen LogP contribution in [0.2, 0.25) is 0 Å². The number of nitrogens with zero attached hydrogens (tertiary/aromatic N) is 2. The zero-order chi connectivity index (χ0) is 61.1. The van der Waals surface area contributed by atoms with E-state index in [4.69, 9.17) is 0 Å². The van der Waals surface area contributed by atoms with E-state index in [0.29, 0.717) is 33.4 Å². The molecular formula is C81H56EuN2O6. The van der Waals surface area contributed by atoms with E-state index in [9.17, 15) is 28.8 Å². The number of Topliss-reactive ketones (excluding diaryl/α,β-unsaturated/α-hetero) is 6. The summed E-state index contributed by atoms with van der Waals surface area (Å²) in [6, 6.07) is 92.3. The molecule has 15 rings (SSSR count). The van der Waals surface area contributed by atoms with Crippen LogP contribution in [-0.2, 0) is 0 Å². The van der Waals surface area contributed by atoms with E-state index in [1.54, 1.807) is 48.8 Å². The van der Waals surface area contributed by atoms with Gasteiger partial charge in [-0.2, -0.15) is 0 Å². The molecule has 13 aromatic carbocycles. The third-order valence-corrected chi connectivity index (χ3v) is 15.8. The van der Waals surface area contributed by atoms with E-state index < -0.39 is 0 Å². The number of ketones is 6. The number of rotatable bonds is 12. The zero-order valence-electron chi connectivity index (χ0n) is 48.7. The third kappa shape index (κ3) is 13.7. The molecule has 0 aliphatic carbocycles. The molecular weight excluding hydrogens is 1250 g/mol. The van der Waals surface area contributed by atoms with Gasteiger partial charge in [0.25, 0.3) is 0 Å². The van der Waals surface area contributed by atoms with Crippen molar-refractivity contribution < 1.29 is 78.1 Å². The second-order valence-electron chi connectivity index (χ2n) is 21.4. The van der Waals surface area contributed by atoms with Crippen LogP contribution in [0.15, 0.2) is 304 Å². The van der Waals surface area contributed by atoms with Crippen LogP contribution in [-0.4, -0.2) is 44.7 Å². The number of pyridine rings is 2. The van der Waals surface area contributed by atoms with Crippen LogP contribution < -0.4 is 0 Å². The summed E-state index contributed by atoms with van der Waals surface area (Å²) in [6.07, 6.45) is 3.24. The molecule has 0 saturated carbocycles. The Balaban J connectivity index is 0.000000125. The van der Waals surface area contributed by atoms with Crippen molar-refractivity contribution in [3.05, 3.63) is 337 Å². The fourth-order valence-corrected chi connectivity index (χ4v) is 11.5. The standard InChI is InChI=1S/3C23H16O2.C12H8N2.Eu/c3*24-22(20-13-5-9-16-7-1-3-11-18(16)20)15-23(25)21-14-6-10-17-8-2-4-12-19(17)21;1-3-9-5-6-10-4-2-8-14-12(10)11(9)13-7-1;/h3*1-14H,15H2;1-8H;. The Morgan fingerprint density at radius 1 is 0.200 bits per heavy atom. The van der Waals surface area contributed by atoms with Crippen molar-refractivity contribution in [2.45, 2.75) is 19.3 Å². The zero-order valence-corrected chi connectivity index (χ0v) is 51.1. The average Bonchev–Trinajstić information content (AvgIpc) is 1.51. The summed E-state index contributed by atoms with van der Waals surface area (Å²) in [5, 5.41) is 13.6. The van der Waals surface area contributed by atoms with Gasteiger partial charge in [0.1, 0.15) is 0 Å². The third-order valence-electron chi connectivity index (χ3n) is 15.8. The van der Waals surface area contributed by atoms with Crippen molar-refractivity contribution in [1.82, 2.24) is 9.97 Å². The van der Waals surface area contributed by atoms with Gasteiger partial charge < -0.3 is 0 Å². The molecule has 0 saturated heterocycles. The largest absolute Gasteiger partial charge is 0.294 e. The molecule has 2 heterocycles. The molecule has 2 aromatic heterocycles. The molecule has 1 radical (unpaired) electrons. The molecule has 90 heavy (non-hydrogen) atoms. The fourth-order valence-electron chi connectivity index (χ4n) is 11.5. The summed E-state index contributed by atoms with van der Waals surface area (Å²) in [6.45, 7) is 0. The van der Waals surface area contributed by atoms with Gasteiger partial charge in [-0.1, -0.05) is 279 Å². The topological polar surface area (TPSA) is 128 Å². The van der Waals surface area contributed by atoms with E-state index in [-0.39, 0.29) is 103 Å². The Hall–Kier alpha value is -10.2. The fraction of sp³-hybridized carbons (Fsp3) is 0.0370. The number of hydrogen-bond acceptors (Lipinski definition) is 8. The maximum atomic E-state index is 12.8. The minimum absolute atomic E-state index is 0. The van der Waals surface area contributed by atoms with Crippen LogP contribution in [0.3, 0.4) is 0 Å². The summed E-state index contributed by atoms with van der Waals surface area (Å²) in [7, 11) is 0. The quantitative estimate of drug-likeness (QED) is 0.0672. The molecule has 0 fully saturated rings. The van der Waals surface area contributed by atoms with Gasteiger partial charge in [-0.05, 0) is 76.8 Å². The molecule has 0 spiro atoms. The number of hydrogen-bond donors (Lipinski definition) is 0. The summed E-state index contributed by atoms with van der Waals surface area (Å²) in [5.41, 5.74) is 5.58. The van der Waals surface area contributed by atoms with Gasteiger partial charge in [0.05, 0.1) is 30.3 Å². The Labute approximate surface area is 560 Å². The minimum Gasteiger partial charge on any atom is -0.294 e. The van der Waals surface area contributed by atoms with Crippen LogP contribution in [0.5, 0.6) is 0 Å². The molecule has 0 atom stereocenters. The van der Waals surface area contributed by atoms with Crippen LogP contribution in [0, 0.1) is 49.4 Å². The number of carbonyl (C=O) groups excluding carboxylic acids is 6. The van der Waals surface area contributed by atoms with Gasteiger partial charge >= 0.3 is 0 Å². The predicted molar refractivity (Wildman–Crippen MR) is 361 cm³/mol. The van der Waals surface area contributed by atoms with Crippen molar-refractivity contribution >= 4 is 121 Å². The van der Waals surface area contributed by atoms with E-state index in [2.05, 4.69) is 34.2 Å². The van der Waals surface area contributed by atoms with Crippen LogP contribution in [0.25, 0.3) is 86.4 Å². The second kappa shape index (κ2) is 28.8. The molecule has 15 aromatic rings. The molecule has 0 N–H and O–H groups in total. The maximum absolute atomic E-state index is 12.8. The van der Waals surface area contributed by atoms with Crippen molar-refractivity contribution in [2.24, 2.45) is 0 Å². The van der Waals surface area contributed by atoms with Gasteiger partial charge in [0.2, 0.25) is 0 Å². The first kappa shape index (κ1) is 61.5. The number of benzene rings is 13. The first-order valence-electron chi connectivity index (χ1n) is 29.3. The molecule has 0 bridgehead atoms. The average molecular weight is 1310 g/mol. The van der Waals surface area contributed by atoms with Crippen molar-refractivity contribution in [1.29, 1.82) is 0 Å². The van der Waals surface area contributed by atoms with Crippen LogP contribution >= 0.6 is 0 Å². The van der Waals surface area contributed by atoms with Gasteiger partial charge in [-0.3, -0.25) is 38.7 Å². The van der Waals surface area contributed by atoms with Crippen molar-refractivity contribution in [3.8, 4) is 0 Å². The monoisotopic (exact) mass is 1310 g/mol. The Morgan fingerprint density at radius 3 is 0.589 bits per heavy atom. The normalized spacial score (nSPS) is 10.8. The molecule has 433 valence electrons. The molecule has 0 aliphatic heterocycles. The van der Waals surface area contributed by atoms with Crippen LogP contribution in [0.1, 0.15) is 81.4 Å². The van der Waals surface area contributed by atoms with Crippen molar-refractivity contribution in [2.75, 3.05) is 0 Å². The number of aromatic nitrogens is 2. The summed E-state index contributed by atoms with van der Waals surface area (Å²) in [4.78, 5) is 85.2. The maximum Gasteiger partial charge on any atom is 0.171 e. The molecule has 0 unspecified atom stereocenters. The first-order chi connectivity index (χ1) is 43.7. The SMILES string of the molecule is O=C(CC(=O)c1cccc2ccccc12)c1cccc2ccccc12.O=C(CC(=O)c1cccc2ccccc12)c1cccc2ccccc12.O=C(CC(=O)c1cccc2ccccc12)c1cccc2ccccc12.[Eu].c1cnc2c(c1)ccc1cccnc12. The summed E-state index contributed by atoms with van der Waals surface area (Å²) < 4.78 is 0. The number of carbonyl (C=O) groups is 6. The van der Waals surface area contributed by atoms with E-state index in [0.717, 1.165) is 86.4 Å². The smallest absolute Gasteiger partial charge is 0.171 e. The first-order valence-corrected chi connectivity index (χ1v) is 29.3. The van der Waals surface area contributed by atoms with Gasteiger partial charge in [-0.15, -0.1) is 0 Å². The van der Waals surface area contributed by atoms with Crippen LogP contribution in [0.4, 0.5) is 0 Å². The molecule has 9 heteroatoms. The number of fused-ring (bicyclic) bond motifs is 9. The second-order valence-corrected chi connectivity index (χ2v) is 21.4. The Kier molecular flexibility index (Phi) is 19.7. The van der Waals surface area contributed by atoms with Crippen molar-refractivity contribution in [3.63, 3.8) is 0 Å². The molecule has 0 aliphatic rings. The van der Waals surface area contributed by atoms with E-state index in [1.165, 1.54) is 0 Å². The van der Waals surface area contributed by atoms with Gasteiger partial charge in [-0.25, -0.2) is 0 Å². The summed E-state index contributed by atoms with van der Waals surface area (Å²) >= 11 is 0. The predicted octanol–water partition coefficient (Wildman–Crippen LogP) is 19.1. The molecule has 8 nitrogen and oxygen atoms in total. The van der Waals surface area contributed by atoms with E-state index in [1.807, 2.05) is 231 Å². The Bertz CT molecular complexity index is 4450.